The molecule has 0 spiro atoms. The van der Waals surface area contributed by atoms with Gasteiger partial charge in [-0.15, -0.1) is 0 Å². The van der Waals surface area contributed by atoms with Crippen LogP contribution in [0.4, 0.5) is 0 Å². The lowest BCUT2D eigenvalue weighted by Crippen LogP contribution is -2.41. The number of rotatable bonds is 3. The Hall–Kier alpha value is -0.180. The molecule has 76 valence electrons. The van der Waals surface area contributed by atoms with Gasteiger partial charge in [0.25, 0.3) is 0 Å². The molecule has 0 amide bonds. The average molecular weight is 200 g/mol. The second kappa shape index (κ2) is 4.36. The van der Waals surface area contributed by atoms with Gasteiger partial charge in [0.15, 0.2) is 5.17 Å². The minimum atomic E-state index is 0.189. The third kappa shape index (κ3) is 3.22. The Morgan fingerprint density at radius 2 is 2.23 bits per heavy atom. The number of hydrogen-bond acceptors (Lipinski definition) is 3. The van der Waals surface area contributed by atoms with Gasteiger partial charge in [-0.3, -0.25) is 4.99 Å². The highest BCUT2D eigenvalue weighted by Crippen LogP contribution is 2.23. The summed E-state index contributed by atoms with van der Waals surface area (Å²) in [7, 11) is 0. The quantitative estimate of drug-likeness (QED) is 0.757. The molecule has 0 aliphatic carbocycles. The highest BCUT2D eigenvalue weighted by molar-refractivity contribution is 8.14. The first kappa shape index (κ1) is 10.9. The largest absolute Gasteiger partial charge is 0.360 e. The molecule has 1 atom stereocenters. The van der Waals surface area contributed by atoms with Crippen LogP contribution in [-0.4, -0.2) is 22.5 Å². The summed E-state index contributed by atoms with van der Waals surface area (Å²) >= 11 is 1.89. The fraction of sp³-hybridized carbons (Fsp3) is 0.900. The number of hydrogen-bond donors (Lipinski definition) is 1. The summed E-state index contributed by atoms with van der Waals surface area (Å²) in [5, 5.41) is 5.32. The van der Waals surface area contributed by atoms with E-state index in [2.05, 4.69) is 38.0 Å². The molecule has 1 N–H and O–H groups in total. The minimum Gasteiger partial charge on any atom is -0.360 e. The summed E-state index contributed by atoms with van der Waals surface area (Å²) in [5.41, 5.74) is 0.189. The number of thioether (sulfide) groups is 1. The van der Waals surface area contributed by atoms with E-state index < -0.39 is 0 Å². The molecule has 1 aliphatic rings. The van der Waals surface area contributed by atoms with Crippen LogP contribution in [0.15, 0.2) is 4.99 Å². The molecule has 0 fully saturated rings. The fourth-order valence-electron chi connectivity index (χ4n) is 1.08. The van der Waals surface area contributed by atoms with Crippen molar-refractivity contribution in [3.05, 3.63) is 0 Å². The molecule has 0 saturated carbocycles. The van der Waals surface area contributed by atoms with E-state index in [1.54, 1.807) is 0 Å². The number of nitrogens with one attached hydrogen (secondary N) is 1. The summed E-state index contributed by atoms with van der Waals surface area (Å²) < 4.78 is 0. The van der Waals surface area contributed by atoms with E-state index >= 15 is 0 Å². The summed E-state index contributed by atoms with van der Waals surface area (Å²) in [4.78, 5) is 4.49. The standard InChI is InChI=1S/C10H20N2S/c1-5-8-7-11-9(13-8)12-10(3,4)6-2/h8H,5-7H2,1-4H3,(H,11,12). The van der Waals surface area contributed by atoms with Gasteiger partial charge in [-0.2, -0.15) is 0 Å². The third-order valence-corrected chi connectivity index (χ3v) is 3.77. The van der Waals surface area contributed by atoms with Crippen LogP contribution in [0.3, 0.4) is 0 Å². The zero-order chi connectivity index (χ0) is 9.90. The molecule has 3 heteroatoms. The molecule has 0 radical (unpaired) electrons. The van der Waals surface area contributed by atoms with Gasteiger partial charge >= 0.3 is 0 Å². The van der Waals surface area contributed by atoms with Crippen LogP contribution in [0.25, 0.3) is 0 Å². The number of amidine groups is 1. The van der Waals surface area contributed by atoms with Gasteiger partial charge in [0.1, 0.15) is 0 Å². The topological polar surface area (TPSA) is 24.4 Å². The number of aliphatic imine (C=N–C) groups is 1. The van der Waals surface area contributed by atoms with Crippen molar-refractivity contribution in [2.75, 3.05) is 6.54 Å². The zero-order valence-corrected chi connectivity index (χ0v) is 9.87. The van der Waals surface area contributed by atoms with Crippen LogP contribution in [-0.2, 0) is 0 Å². The normalized spacial score (nSPS) is 23.1. The molecule has 1 rings (SSSR count). The lowest BCUT2D eigenvalue weighted by Gasteiger charge is -2.25. The maximum atomic E-state index is 4.49. The first-order valence-corrected chi connectivity index (χ1v) is 5.94. The molecule has 1 heterocycles. The zero-order valence-electron chi connectivity index (χ0n) is 9.05. The van der Waals surface area contributed by atoms with Crippen molar-refractivity contribution in [2.45, 2.75) is 51.3 Å². The SMILES string of the molecule is CCC1CN=C(NC(C)(C)CC)S1. The van der Waals surface area contributed by atoms with E-state index in [1.807, 2.05) is 11.8 Å². The van der Waals surface area contributed by atoms with Gasteiger partial charge < -0.3 is 5.32 Å². The van der Waals surface area contributed by atoms with E-state index in [-0.39, 0.29) is 5.54 Å². The van der Waals surface area contributed by atoms with Gasteiger partial charge in [-0.25, -0.2) is 0 Å². The van der Waals surface area contributed by atoms with Crippen LogP contribution in [0, 0.1) is 0 Å². The molecule has 1 unspecified atom stereocenters. The lowest BCUT2D eigenvalue weighted by atomic mass is 10.0. The Morgan fingerprint density at radius 1 is 1.54 bits per heavy atom. The Kier molecular flexibility index (Phi) is 3.65. The molecular formula is C10H20N2S. The molecule has 2 nitrogen and oxygen atoms in total. The molecule has 0 saturated heterocycles. The van der Waals surface area contributed by atoms with Crippen LogP contribution >= 0.6 is 11.8 Å². The third-order valence-electron chi connectivity index (χ3n) is 2.50. The van der Waals surface area contributed by atoms with Crippen molar-refractivity contribution in [2.24, 2.45) is 4.99 Å². The van der Waals surface area contributed by atoms with Crippen molar-refractivity contribution >= 4 is 16.9 Å². The van der Waals surface area contributed by atoms with Gasteiger partial charge in [-0.1, -0.05) is 25.6 Å². The second-order valence-electron chi connectivity index (χ2n) is 4.16. The highest BCUT2D eigenvalue weighted by atomic mass is 32.2. The van der Waals surface area contributed by atoms with Gasteiger partial charge in [0, 0.05) is 10.8 Å². The van der Waals surface area contributed by atoms with Crippen LogP contribution in [0.5, 0.6) is 0 Å². The Labute approximate surface area is 85.6 Å². The van der Waals surface area contributed by atoms with Gasteiger partial charge in [0.05, 0.1) is 6.54 Å². The van der Waals surface area contributed by atoms with E-state index in [0.717, 1.165) is 18.1 Å². The van der Waals surface area contributed by atoms with Gasteiger partial charge in [0.2, 0.25) is 0 Å². The van der Waals surface area contributed by atoms with Crippen molar-refractivity contribution in [3.8, 4) is 0 Å². The summed E-state index contributed by atoms with van der Waals surface area (Å²) in [5.74, 6) is 0. The van der Waals surface area contributed by atoms with Gasteiger partial charge in [-0.05, 0) is 26.7 Å². The maximum Gasteiger partial charge on any atom is 0.157 e. The van der Waals surface area contributed by atoms with Crippen molar-refractivity contribution in [1.82, 2.24) is 5.32 Å². The van der Waals surface area contributed by atoms with Crippen molar-refractivity contribution < 1.29 is 0 Å². The van der Waals surface area contributed by atoms with Crippen LogP contribution in [0.1, 0.15) is 40.5 Å². The minimum absolute atomic E-state index is 0.189. The highest BCUT2D eigenvalue weighted by Gasteiger charge is 2.22. The smallest absolute Gasteiger partial charge is 0.157 e. The molecule has 0 aromatic heterocycles. The first-order chi connectivity index (χ1) is 6.07. The molecule has 0 aromatic carbocycles. The van der Waals surface area contributed by atoms with Crippen molar-refractivity contribution in [3.63, 3.8) is 0 Å². The molecular weight excluding hydrogens is 180 g/mol. The predicted molar refractivity (Wildman–Crippen MR) is 61.5 cm³/mol. The monoisotopic (exact) mass is 200 g/mol. The first-order valence-electron chi connectivity index (χ1n) is 5.06. The second-order valence-corrected chi connectivity index (χ2v) is 5.45. The van der Waals surface area contributed by atoms with Crippen LogP contribution in [0.2, 0.25) is 0 Å². The predicted octanol–water partition coefficient (Wildman–Crippen LogP) is 2.65. The molecule has 1 aliphatic heterocycles. The maximum absolute atomic E-state index is 4.49. The summed E-state index contributed by atoms with van der Waals surface area (Å²) in [6, 6.07) is 0. The molecule has 0 bridgehead atoms. The van der Waals surface area contributed by atoms with E-state index in [0.29, 0.717) is 5.25 Å². The Balaban J connectivity index is 2.40. The average Bonchev–Trinajstić information content (AvgIpc) is 2.52. The van der Waals surface area contributed by atoms with E-state index in [1.165, 1.54) is 6.42 Å². The Morgan fingerprint density at radius 3 is 2.69 bits per heavy atom. The van der Waals surface area contributed by atoms with Crippen LogP contribution < -0.4 is 5.32 Å². The summed E-state index contributed by atoms with van der Waals surface area (Å²) in [6.45, 7) is 9.85. The fourth-order valence-corrected chi connectivity index (χ4v) is 2.19. The Bertz CT molecular complexity index is 199. The van der Waals surface area contributed by atoms with Crippen molar-refractivity contribution in [1.29, 1.82) is 0 Å². The lowest BCUT2D eigenvalue weighted by molar-refractivity contribution is 0.448. The molecule has 0 aromatic rings. The van der Waals surface area contributed by atoms with E-state index in [9.17, 15) is 0 Å². The summed E-state index contributed by atoms with van der Waals surface area (Å²) in [6.07, 6.45) is 2.34. The van der Waals surface area contributed by atoms with E-state index in [4.69, 9.17) is 0 Å². The molecule has 13 heavy (non-hydrogen) atoms. The number of nitrogens with zero attached hydrogens (tertiary/aromatic N) is 1.